The smallest absolute Gasteiger partial charge is 0.0205 e. The van der Waals surface area contributed by atoms with Crippen molar-refractivity contribution in [2.24, 2.45) is 0 Å². The van der Waals surface area contributed by atoms with E-state index in [2.05, 4.69) is 24.5 Å². The van der Waals surface area contributed by atoms with Gasteiger partial charge in [-0.2, -0.15) is 0 Å². The van der Waals surface area contributed by atoms with Gasteiger partial charge in [0.2, 0.25) is 0 Å². The van der Waals surface area contributed by atoms with Crippen molar-refractivity contribution in [3.8, 4) is 0 Å². The van der Waals surface area contributed by atoms with Gasteiger partial charge in [0.15, 0.2) is 0 Å². The molecule has 0 aromatic rings. The molecule has 1 saturated heterocycles. The van der Waals surface area contributed by atoms with Crippen molar-refractivity contribution >= 4 is 0 Å². The van der Waals surface area contributed by atoms with E-state index in [1.54, 1.807) is 0 Å². The Morgan fingerprint density at radius 1 is 1.25 bits per heavy atom. The fourth-order valence-corrected chi connectivity index (χ4v) is 2.27. The number of nitrogens with one attached hydrogen (secondary N) is 2. The van der Waals surface area contributed by atoms with E-state index in [1.807, 2.05) is 0 Å². The highest BCUT2D eigenvalue weighted by Crippen LogP contribution is 2.23. The van der Waals surface area contributed by atoms with Gasteiger partial charge < -0.3 is 10.6 Å². The Morgan fingerprint density at radius 3 is 2.42 bits per heavy atom. The van der Waals surface area contributed by atoms with Crippen molar-refractivity contribution in [1.29, 1.82) is 0 Å². The molecular weight excluding hydrogens is 148 g/mol. The van der Waals surface area contributed by atoms with Crippen molar-refractivity contribution < 1.29 is 0 Å². The molecule has 2 N–H and O–H groups in total. The van der Waals surface area contributed by atoms with Crippen LogP contribution >= 0.6 is 0 Å². The lowest BCUT2D eigenvalue weighted by atomic mass is 9.84. The Morgan fingerprint density at radius 2 is 1.92 bits per heavy atom. The summed E-state index contributed by atoms with van der Waals surface area (Å²) >= 11 is 0. The van der Waals surface area contributed by atoms with Gasteiger partial charge in [-0.15, -0.1) is 0 Å². The lowest BCUT2D eigenvalue weighted by molar-refractivity contribution is 0.229. The highest BCUT2D eigenvalue weighted by molar-refractivity contribution is 4.91. The molecule has 0 radical (unpaired) electrons. The molecule has 1 aliphatic rings. The third-order valence-corrected chi connectivity index (χ3v) is 2.84. The van der Waals surface area contributed by atoms with Gasteiger partial charge in [0, 0.05) is 5.54 Å². The number of rotatable bonds is 4. The van der Waals surface area contributed by atoms with E-state index in [4.69, 9.17) is 0 Å². The topological polar surface area (TPSA) is 24.1 Å². The minimum atomic E-state index is 0.467. The Labute approximate surface area is 76.1 Å². The molecule has 1 heterocycles. The van der Waals surface area contributed by atoms with Gasteiger partial charge in [-0.3, -0.25) is 0 Å². The third kappa shape index (κ3) is 2.46. The summed E-state index contributed by atoms with van der Waals surface area (Å²) < 4.78 is 0. The molecule has 0 saturated carbocycles. The molecule has 1 fully saturated rings. The molecule has 12 heavy (non-hydrogen) atoms. The van der Waals surface area contributed by atoms with E-state index in [9.17, 15) is 0 Å². The summed E-state index contributed by atoms with van der Waals surface area (Å²) in [5.74, 6) is 0. The zero-order chi connectivity index (χ0) is 8.86. The molecule has 0 atom stereocenters. The van der Waals surface area contributed by atoms with Gasteiger partial charge in [0.05, 0.1) is 0 Å². The summed E-state index contributed by atoms with van der Waals surface area (Å²) in [5.41, 5.74) is 0.467. The second-order valence-corrected chi connectivity index (χ2v) is 3.81. The fourth-order valence-electron chi connectivity index (χ4n) is 2.27. The molecule has 0 amide bonds. The van der Waals surface area contributed by atoms with E-state index in [0.29, 0.717) is 5.54 Å². The maximum absolute atomic E-state index is 3.66. The standard InChI is InChI=1S/C10H22N2/c1-3-5-10(12-4-2)6-8-11-9-7-10/h11-12H,3-9H2,1-2H3. The Hall–Kier alpha value is -0.0800. The molecule has 0 unspecified atom stereocenters. The first-order chi connectivity index (χ1) is 5.83. The lowest BCUT2D eigenvalue weighted by Gasteiger charge is -2.38. The van der Waals surface area contributed by atoms with Crippen molar-refractivity contribution in [1.82, 2.24) is 10.6 Å². The largest absolute Gasteiger partial charge is 0.317 e. The fraction of sp³-hybridized carbons (Fsp3) is 1.00. The molecule has 0 aromatic carbocycles. The van der Waals surface area contributed by atoms with E-state index in [1.165, 1.54) is 38.8 Å². The van der Waals surface area contributed by atoms with Crippen molar-refractivity contribution in [2.75, 3.05) is 19.6 Å². The molecule has 2 nitrogen and oxygen atoms in total. The first kappa shape index (κ1) is 10.0. The maximum Gasteiger partial charge on any atom is 0.0205 e. The maximum atomic E-state index is 3.66. The summed E-state index contributed by atoms with van der Waals surface area (Å²) in [4.78, 5) is 0. The molecule has 1 rings (SSSR count). The van der Waals surface area contributed by atoms with Crippen LogP contribution in [0.25, 0.3) is 0 Å². The predicted molar refractivity (Wildman–Crippen MR) is 53.4 cm³/mol. The van der Waals surface area contributed by atoms with Crippen molar-refractivity contribution in [2.45, 2.75) is 45.1 Å². The lowest BCUT2D eigenvalue weighted by Crippen LogP contribution is -2.52. The normalized spacial score (nSPS) is 22.5. The molecule has 2 heteroatoms. The van der Waals surface area contributed by atoms with Crippen LogP contribution in [0.4, 0.5) is 0 Å². The molecule has 72 valence electrons. The summed E-state index contributed by atoms with van der Waals surface area (Å²) in [6.07, 6.45) is 5.24. The van der Waals surface area contributed by atoms with Crippen LogP contribution in [0.3, 0.4) is 0 Å². The van der Waals surface area contributed by atoms with Gasteiger partial charge in [-0.25, -0.2) is 0 Å². The zero-order valence-corrected chi connectivity index (χ0v) is 8.45. The molecule has 1 aliphatic heterocycles. The predicted octanol–water partition coefficient (Wildman–Crippen LogP) is 1.52. The Balaban J connectivity index is 2.44. The average Bonchev–Trinajstić information content (AvgIpc) is 2.07. The Bertz CT molecular complexity index is 101. The SMILES string of the molecule is CCCC1(NCC)CCNCC1. The summed E-state index contributed by atoms with van der Waals surface area (Å²) in [6, 6.07) is 0. The molecular formula is C10H22N2. The number of piperidine rings is 1. The van der Waals surface area contributed by atoms with Crippen LogP contribution in [0.1, 0.15) is 39.5 Å². The van der Waals surface area contributed by atoms with Crippen LogP contribution in [0.2, 0.25) is 0 Å². The zero-order valence-electron chi connectivity index (χ0n) is 8.45. The van der Waals surface area contributed by atoms with Crippen LogP contribution < -0.4 is 10.6 Å². The summed E-state index contributed by atoms with van der Waals surface area (Å²) in [7, 11) is 0. The van der Waals surface area contributed by atoms with Gasteiger partial charge in [0.25, 0.3) is 0 Å². The third-order valence-electron chi connectivity index (χ3n) is 2.84. The van der Waals surface area contributed by atoms with Crippen LogP contribution in [-0.2, 0) is 0 Å². The minimum Gasteiger partial charge on any atom is -0.317 e. The minimum absolute atomic E-state index is 0.467. The van der Waals surface area contributed by atoms with Gasteiger partial charge >= 0.3 is 0 Å². The van der Waals surface area contributed by atoms with Crippen LogP contribution in [0, 0.1) is 0 Å². The van der Waals surface area contributed by atoms with Crippen molar-refractivity contribution in [3.63, 3.8) is 0 Å². The van der Waals surface area contributed by atoms with E-state index in [-0.39, 0.29) is 0 Å². The highest BCUT2D eigenvalue weighted by atomic mass is 15.0. The van der Waals surface area contributed by atoms with Crippen molar-refractivity contribution in [3.05, 3.63) is 0 Å². The van der Waals surface area contributed by atoms with E-state index in [0.717, 1.165) is 6.54 Å². The Kier molecular flexibility index (Phi) is 4.02. The molecule has 0 spiro atoms. The van der Waals surface area contributed by atoms with Gasteiger partial charge in [-0.1, -0.05) is 20.3 Å². The second-order valence-electron chi connectivity index (χ2n) is 3.81. The van der Waals surface area contributed by atoms with E-state index >= 15 is 0 Å². The molecule has 0 bridgehead atoms. The number of hydrogen-bond donors (Lipinski definition) is 2. The quantitative estimate of drug-likeness (QED) is 0.668. The van der Waals surface area contributed by atoms with E-state index < -0.39 is 0 Å². The molecule has 0 aromatic heterocycles. The number of hydrogen-bond acceptors (Lipinski definition) is 2. The van der Waals surface area contributed by atoms with Gasteiger partial charge in [0.1, 0.15) is 0 Å². The van der Waals surface area contributed by atoms with Crippen LogP contribution in [0.5, 0.6) is 0 Å². The average molecular weight is 170 g/mol. The first-order valence-corrected chi connectivity index (χ1v) is 5.29. The van der Waals surface area contributed by atoms with Crippen LogP contribution in [-0.4, -0.2) is 25.2 Å². The van der Waals surface area contributed by atoms with Gasteiger partial charge in [-0.05, 0) is 38.9 Å². The summed E-state index contributed by atoms with van der Waals surface area (Å²) in [6.45, 7) is 7.97. The first-order valence-electron chi connectivity index (χ1n) is 5.29. The monoisotopic (exact) mass is 170 g/mol. The second kappa shape index (κ2) is 4.83. The highest BCUT2D eigenvalue weighted by Gasteiger charge is 2.29. The molecule has 0 aliphatic carbocycles. The summed E-state index contributed by atoms with van der Waals surface area (Å²) in [5, 5.41) is 7.08. The van der Waals surface area contributed by atoms with Crippen LogP contribution in [0.15, 0.2) is 0 Å².